The summed E-state index contributed by atoms with van der Waals surface area (Å²) in [6.45, 7) is 4.14. The molecule has 0 saturated heterocycles. The SMILES string of the molecule is CCOC1CCC(C(=O)C(F)(F)F)=CN1c1ccccc1C. The van der Waals surface area contributed by atoms with Gasteiger partial charge in [0.1, 0.15) is 6.23 Å². The van der Waals surface area contributed by atoms with Crippen molar-refractivity contribution in [1.29, 1.82) is 0 Å². The molecule has 6 heteroatoms. The van der Waals surface area contributed by atoms with Gasteiger partial charge in [-0.1, -0.05) is 18.2 Å². The van der Waals surface area contributed by atoms with Crippen molar-refractivity contribution >= 4 is 11.5 Å². The molecule has 1 atom stereocenters. The molecule has 0 bridgehead atoms. The van der Waals surface area contributed by atoms with Crippen molar-refractivity contribution in [3.05, 3.63) is 41.6 Å². The fourth-order valence-electron chi connectivity index (χ4n) is 2.52. The molecule has 0 fully saturated rings. The van der Waals surface area contributed by atoms with Crippen LogP contribution in [0, 0.1) is 6.92 Å². The van der Waals surface area contributed by atoms with Crippen molar-refractivity contribution in [2.24, 2.45) is 0 Å². The molecule has 1 aromatic carbocycles. The third kappa shape index (κ3) is 3.50. The van der Waals surface area contributed by atoms with E-state index < -0.39 is 12.0 Å². The number of Topliss-reactive ketones (excluding diaryl/α,β-unsaturated/α-hetero) is 1. The molecule has 1 heterocycles. The van der Waals surface area contributed by atoms with Crippen molar-refractivity contribution in [3.63, 3.8) is 0 Å². The van der Waals surface area contributed by atoms with E-state index >= 15 is 0 Å². The Bertz CT molecular complexity index is 581. The van der Waals surface area contributed by atoms with Crippen LogP contribution < -0.4 is 4.90 Å². The third-order valence-electron chi connectivity index (χ3n) is 3.57. The Kier molecular flexibility index (Phi) is 4.90. The maximum atomic E-state index is 12.6. The maximum absolute atomic E-state index is 12.6. The van der Waals surface area contributed by atoms with Gasteiger partial charge in [0.2, 0.25) is 0 Å². The van der Waals surface area contributed by atoms with Crippen LogP contribution in [-0.4, -0.2) is 24.8 Å². The number of allylic oxidation sites excluding steroid dienone is 1. The van der Waals surface area contributed by atoms with E-state index in [1.807, 2.05) is 26.0 Å². The van der Waals surface area contributed by atoms with E-state index in [-0.39, 0.29) is 18.2 Å². The molecule has 1 aliphatic heterocycles. The number of hydrogen-bond donors (Lipinski definition) is 0. The molecule has 22 heavy (non-hydrogen) atoms. The Morgan fingerprint density at radius 1 is 1.36 bits per heavy atom. The molecule has 0 amide bonds. The van der Waals surface area contributed by atoms with Gasteiger partial charge in [-0.15, -0.1) is 0 Å². The molecular weight excluding hydrogens is 295 g/mol. The van der Waals surface area contributed by atoms with Crippen LogP contribution in [0.15, 0.2) is 36.0 Å². The number of aryl methyl sites for hydroxylation is 1. The highest BCUT2D eigenvalue weighted by Gasteiger charge is 2.42. The molecule has 1 aromatic rings. The lowest BCUT2D eigenvalue weighted by Crippen LogP contribution is -2.39. The predicted molar refractivity (Wildman–Crippen MR) is 77.5 cm³/mol. The maximum Gasteiger partial charge on any atom is 0.454 e. The number of benzene rings is 1. The van der Waals surface area contributed by atoms with Gasteiger partial charge in [0.25, 0.3) is 5.78 Å². The molecule has 0 aliphatic carbocycles. The molecule has 3 nitrogen and oxygen atoms in total. The average Bonchev–Trinajstić information content (AvgIpc) is 2.47. The van der Waals surface area contributed by atoms with Crippen LogP contribution in [0.5, 0.6) is 0 Å². The first-order valence-corrected chi connectivity index (χ1v) is 7.12. The summed E-state index contributed by atoms with van der Waals surface area (Å²) in [5.74, 6) is -1.78. The second-order valence-corrected chi connectivity index (χ2v) is 5.12. The second kappa shape index (κ2) is 6.52. The number of halogens is 3. The number of para-hydroxylation sites is 1. The molecular formula is C16H18F3NO2. The van der Waals surface area contributed by atoms with Gasteiger partial charge in [0.05, 0.1) is 0 Å². The molecule has 0 saturated carbocycles. The minimum absolute atomic E-state index is 0.0609. The first kappa shape index (κ1) is 16.5. The van der Waals surface area contributed by atoms with E-state index in [2.05, 4.69) is 0 Å². The van der Waals surface area contributed by atoms with Gasteiger partial charge < -0.3 is 9.64 Å². The number of nitrogens with zero attached hydrogens (tertiary/aromatic N) is 1. The van der Waals surface area contributed by atoms with Crippen LogP contribution in [0.1, 0.15) is 25.3 Å². The number of hydrogen-bond acceptors (Lipinski definition) is 3. The largest absolute Gasteiger partial charge is 0.454 e. The first-order chi connectivity index (χ1) is 10.3. The fourth-order valence-corrected chi connectivity index (χ4v) is 2.52. The normalized spacial score (nSPS) is 19.0. The van der Waals surface area contributed by atoms with Crippen LogP contribution in [0.4, 0.5) is 18.9 Å². The Balaban J connectivity index is 2.40. The standard InChI is InChI=1S/C16H18F3NO2/c1-3-22-14-9-8-12(15(21)16(17,18)19)10-20(14)13-7-5-4-6-11(13)2/h4-7,10,14H,3,8-9H2,1-2H3. The summed E-state index contributed by atoms with van der Waals surface area (Å²) >= 11 is 0. The molecule has 0 radical (unpaired) electrons. The molecule has 0 N–H and O–H groups in total. The number of alkyl halides is 3. The molecule has 1 aliphatic rings. The molecule has 1 unspecified atom stereocenters. The lowest BCUT2D eigenvalue weighted by molar-refractivity contribution is -0.166. The second-order valence-electron chi connectivity index (χ2n) is 5.12. The molecule has 0 aromatic heterocycles. The summed E-state index contributed by atoms with van der Waals surface area (Å²) in [5.41, 5.74) is 1.42. The van der Waals surface area contributed by atoms with Crippen LogP contribution in [0.2, 0.25) is 0 Å². The van der Waals surface area contributed by atoms with Gasteiger partial charge in [0.15, 0.2) is 0 Å². The van der Waals surface area contributed by atoms with E-state index in [1.165, 1.54) is 6.20 Å². The highest BCUT2D eigenvalue weighted by molar-refractivity contribution is 6.00. The van der Waals surface area contributed by atoms with Crippen LogP contribution >= 0.6 is 0 Å². The lowest BCUT2D eigenvalue weighted by Gasteiger charge is -2.35. The zero-order valence-corrected chi connectivity index (χ0v) is 12.5. The molecule has 0 spiro atoms. The number of rotatable bonds is 4. The van der Waals surface area contributed by atoms with Crippen molar-refractivity contribution in [2.45, 2.75) is 39.1 Å². The van der Waals surface area contributed by atoms with Gasteiger partial charge in [-0.3, -0.25) is 4.79 Å². The van der Waals surface area contributed by atoms with Gasteiger partial charge in [0, 0.05) is 24.1 Å². The van der Waals surface area contributed by atoms with Crippen LogP contribution in [-0.2, 0) is 9.53 Å². The highest BCUT2D eigenvalue weighted by atomic mass is 19.4. The van der Waals surface area contributed by atoms with Crippen molar-refractivity contribution in [1.82, 2.24) is 0 Å². The van der Waals surface area contributed by atoms with Crippen molar-refractivity contribution in [2.75, 3.05) is 11.5 Å². The van der Waals surface area contributed by atoms with Gasteiger partial charge in [-0.25, -0.2) is 0 Å². The van der Waals surface area contributed by atoms with E-state index in [0.29, 0.717) is 13.0 Å². The number of anilines is 1. The Morgan fingerprint density at radius 2 is 2.05 bits per heavy atom. The highest BCUT2D eigenvalue weighted by Crippen LogP contribution is 2.32. The predicted octanol–water partition coefficient (Wildman–Crippen LogP) is 3.97. The Labute approximate surface area is 127 Å². The monoisotopic (exact) mass is 313 g/mol. The van der Waals surface area contributed by atoms with E-state index in [4.69, 9.17) is 4.74 Å². The summed E-state index contributed by atoms with van der Waals surface area (Å²) in [5, 5.41) is 0. The van der Waals surface area contributed by atoms with E-state index in [1.54, 1.807) is 17.0 Å². The van der Waals surface area contributed by atoms with E-state index in [9.17, 15) is 18.0 Å². The van der Waals surface area contributed by atoms with Crippen molar-refractivity contribution in [3.8, 4) is 0 Å². The van der Waals surface area contributed by atoms with Crippen LogP contribution in [0.25, 0.3) is 0 Å². The average molecular weight is 313 g/mol. The number of carbonyl (C=O) groups excluding carboxylic acids is 1. The minimum atomic E-state index is -4.85. The van der Waals surface area contributed by atoms with Gasteiger partial charge in [-0.05, 0) is 38.3 Å². The smallest absolute Gasteiger partial charge is 0.358 e. The summed E-state index contributed by atoms with van der Waals surface area (Å²) < 4.78 is 43.5. The summed E-state index contributed by atoms with van der Waals surface area (Å²) in [6, 6.07) is 7.33. The third-order valence-corrected chi connectivity index (χ3v) is 3.57. The van der Waals surface area contributed by atoms with E-state index in [0.717, 1.165) is 11.3 Å². The quantitative estimate of drug-likeness (QED) is 0.842. The number of ketones is 1. The number of carbonyl (C=O) groups is 1. The van der Waals surface area contributed by atoms with Gasteiger partial charge in [-0.2, -0.15) is 13.2 Å². The first-order valence-electron chi connectivity index (χ1n) is 7.12. The zero-order valence-electron chi connectivity index (χ0n) is 12.5. The summed E-state index contributed by atoms with van der Waals surface area (Å²) in [7, 11) is 0. The molecule has 2 rings (SSSR count). The zero-order chi connectivity index (χ0) is 16.3. The van der Waals surface area contributed by atoms with Gasteiger partial charge >= 0.3 is 6.18 Å². The summed E-state index contributed by atoms with van der Waals surface area (Å²) in [4.78, 5) is 13.1. The fraction of sp³-hybridized carbons (Fsp3) is 0.438. The molecule has 120 valence electrons. The topological polar surface area (TPSA) is 29.5 Å². The Hall–Kier alpha value is -1.82. The van der Waals surface area contributed by atoms with Crippen LogP contribution in [0.3, 0.4) is 0 Å². The summed E-state index contributed by atoms with van der Waals surface area (Å²) in [6.07, 6.45) is -3.53. The van der Waals surface area contributed by atoms with Crippen molar-refractivity contribution < 1.29 is 22.7 Å². The number of ether oxygens (including phenoxy) is 1. The minimum Gasteiger partial charge on any atom is -0.358 e. The lowest BCUT2D eigenvalue weighted by atomic mass is 10.0. The Morgan fingerprint density at radius 3 is 2.64 bits per heavy atom.